The average Bonchev–Trinajstić information content (AvgIpc) is 2.67. The number of Topliss-reactive ketones (excluding diaryl/α,β-unsaturated/α-hetero) is 1. The summed E-state index contributed by atoms with van der Waals surface area (Å²) in [5.74, 6) is -0.0895. The van der Waals surface area contributed by atoms with Gasteiger partial charge in [0.15, 0.2) is 0 Å². The number of aliphatic imine (C=N–C) groups is 1. The molecule has 0 atom stereocenters. The molecule has 0 bridgehead atoms. The molecule has 3 heteroatoms. The third-order valence-corrected chi connectivity index (χ3v) is 4.91. The van der Waals surface area contributed by atoms with Gasteiger partial charge in [0, 0.05) is 9.13 Å². The van der Waals surface area contributed by atoms with Gasteiger partial charge >= 0.3 is 0 Å². The third kappa shape index (κ3) is 3.33. The number of carbonyl (C=O) groups is 1. The first kappa shape index (κ1) is 16.0. The SMILES string of the molecule is O=C(C=Nc1ccc(I)cc1)c1ccc2ccc3ccccc3c2c1. The van der Waals surface area contributed by atoms with Crippen LogP contribution in [0.25, 0.3) is 21.5 Å². The Bertz CT molecular complexity index is 1110. The van der Waals surface area contributed by atoms with Gasteiger partial charge in [-0.25, -0.2) is 0 Å². The van der Waals surface area contributed by atoms with E-state index >= 15 is 0 Å². The Hall–Kier alpha value is -2.53. The second kappa shape index (κ2) is 6.76. The van der Waals surface area contributed by atoms with E-state index in [1.54, 1.807) is 0 Å². The summed E-state index contributed by atoms with van der Waals surface area (Å²) in [5.41, 5.74) is 1.43. The molecule has 0 amide bonds. The monoisotopic (exact) mass is 435 g/mol. The lowest BCUT2D eigenvalue weighted by molar-refractivity contribution is 0.107. The van der Waals surface area contributed by atoms with Gasteiger partial charge in [-0.2, -0.15) is 0 Å². The van der Waals surface area contributed by atoms with Crippen LogP contribution in [0.2, 0.25) is 0 Å². The maximum absolute atomic E-state index is 12.5. The highest BCUT2D eigenvalue weighted by Gasteiger charge is 2.06. The average molecular weight is 435 g/mol. The van der Waals surface area contributed by atoms with Crippen molar-refractivity contribution < 1.29 is 4.79 Å². The predicted octanol–water partition coefficient (Wildman–Crippen LogP) is 6.18. The van der Waals surface area contributed by atoms with E-state index in [-0.39, 0.29) is 5.78 Å². The molecule has 4 aromatic rings. The Morgan fingerprint density at radius 1 is 0.800 bits per heavy atom. The van der Waals surface area contributed by atoms with Crippen molar-refractivity contribution in [1.29, 1.82) is 0 Å². The number of nitrogens with zero attached hydrogens (tertiary/aromatic N) is 1. The summed E-state index contributed by atoms with van der Waals surface area (Å²) < 4.78 is 1.14. The van der Waals surface area contributed by atoms with Crippen LogP contribution in [-0.2, 0) is 0 Å². The molecule has 0 spiro atoms. The molecule has 0 radical (unpaired) electrons. The molecule has 2 nitrogen and oxygen atoms in total. The number of benzene rings is 4. The van der Waals surface area contributed by atoms with Crippen molar-refractivity contribution in [3.8, 4) is 0 Å². The lowest BCUT2D eigenvalue weighted by Crippen LogP contribution is -1.99. The minimum atomic E-state index is -0.0895. The summed E-state index contributed by atoms with van der Waals surface area (Å²) in [6, 6.07) is 26.0. The van der Waals surface area contributed by atoms with E-state index in [2.05, 4.69) is 51.8 Å². The maximum Gasteiger partial charge on any atom is 0.204 e. The number of halogens is 1. The van der Waals surface area contributed by atoms with Crippen molar-refractivity contribution in [2.75, 3.05) is 0 Å². The molecular formula is C22H14INO. The van der Waals surface area contributed by atoms with Crippen LogP contribution in [0.15, 0.2) is 83.9 Å². The summed E-state index contributed by atoms with van der Waals surface area (Å²) in [7, 11) is 0. The molecule has 0 saturated heterocycles. The van der Waals surface area contributed by atoms with E-state index in [9.17, 15) is 4.79 Å². The first-order chi connectivity index (χ1) is 12.2. The summed E-state index contributed by atoms with van der Waals surface area (Å²) in [5, 5.41) is 4.55. The van der Waals surface area contributed by atoms with Crippen molar-refractivity contribution in [2.45, 2.75) is 0 Å². The molecule has 0 aliphatic carbocycles. The molecule has 4 rings (SSSR count). The molecule has 0 heterocycles. The fourth-order valence-corrected chi connectivity index (χ4v) is 3.25. The first-order valence-electron chi connectivity index (χ1n) is 7.96. The van der Waals surface area contributed by atoms with Gasteiger partial charge in [0.2, 0.25) is 5.78 Å². The summed E-state index contributed by atoms with van der Waals surface area (Å²) in [6.45, 7) is 0. The maximum atomic E-state index is 12.5. The molecular weight excluding hydrogens is 421 g/mol. The Balaban J connectivity index is 1.72. The quantitative estimate of drug-likeness (QED) is 0.164. The van der Waals surface area contributed by atoms with E-state index in [0.29, 0.717) is 5.56 Å². The number of hydrogen-bond donors (Lipinski definition) is 0. The molecule has 0 fully saturated rings. The molecule has 0 aliphatic rings. The van der Waals surface area contributed by atoms with E-state index in [1.807, 2.05) is 54.6 Å². The zero-order valence-electron chi connectivity index (χ0n) is 13.3. The van der Waals surface area contributed by atoms with Crippen molar-refractivity contribution in [3.63, 3.8) is 0 Å². The highest BCUT2D eigenvalue weighted by atomic mass is 127. The first-order valence-corrected chi connectivity index (χ1v) is 9.04. The minimum absolute atomic E-state index is 0.0895. The largest absolute Gasteiger partial charge is 0.288 e. The molecule has 4 aromatic carbocycles. The summed E-state index contributed by atoms with van der Waals surface area (Å²) in [4.78, 5) is 16.8. The minimum Gasteiger partial charge on any atom is -0.288 e. The fourth-order valence-electron chi connectivity index (χ4n) is 2.89. The van der Waals surface area contributed by atoms with Crippen LogP contribution < -0.4 is 0 Å². The smallest absolute Gasteiger partial charge is 0.204 e. The number of ketones is 1. The predicted molar refractivity (Wildman–Crippen MR) is 113 cm³/mol. The molecule has 0 saturated carbocycles. The summed E-state index contributed by atoms with van der Waals surface area (Å²) in [6.07, 6.45) is 1.40. The van der Waals surface area contributed by atoms with Gasteiger partial charge < -0.3 is 0 Å². The second-order valence-electron chi connectivity index (χ2n) is 5.82. The Labute approximate surface area is 159 Å². The number of rotatable bonds is 3. The topological polar surface area (TPSA) is 29.4 Å². The molecule has 25 heavy (non-hydrogen) atoms. The van der Waals surface area contributed by atoms with Crippen molar-refractivity contribution in [1.82, 2.24) is 0 Å². The van der Waals surface area contributed by atoms with E-state index in [0.717, 1.165) is 25.4 Å². The lowest BCUT2D eigenvalue weighted by atomic mass is 9.99. The highest BCUT2D eigenvalue weighted by molar-refractivity contribution is 14.1. The molecule has 0 aliphatic heterocycles. The molecule has 0 aromatic heterocycles. The summed E-state index contributed by atoms with van der Waals surface area (Å²) >= 11 is 2.24. The Morgan fingerprint density at radius 3 is 2.28 bits per heavy atom. The highest BCUT2D eigenvalue weighted by Crippen LogP contribution is 2.26. The Morgan fingerprint density at radius 2 is 1.48 bits per heavy atom. The zero-order chi connectivity index (χ0) is 17.2. The van der Waals surface area contributed by atoms with Crippen LogP contribution >= 0.6 is 22.6 Å². The van der Waals surface area contributed by atoms with Crippen LogP contribution in [0.5, 0.6) is 0 Å². The van der Waals surface area contributed by atoms with Gasteiger partial charge in [0.1, 0.15) is 0 Å². The van der Waals surface area contributed by atoms with Gasteiger partial charge in [-0.15, -0.1) is 0 Å². The van der Waals surface area contributed by atoms with E-state index in [4.69, 9.17) is 0 Å². The van der Waals surface area contributed by atoms with Crippen LogP contribution in [0, 0.1) is 3.57 Å². The van der Waals surface area contributed by atoms with Gasteiger partial charge in [-0.3, -0.25) is 9.79 Å². The third-order valence-electron chi connectivity index (χ3n) is 4.19. The standard InChI is InChI=1S/C22H14INO/c23-18-9-11-19(12-10-18)24-14-22(25)17-8-7-16-6-5-15-3-1-2-4-20(15)21(16)13-17/h1-14H. The Kier molecular flexibility index (Phi) is 4.32. The number of carbonyl (C=O) groups excluding carboxylic acids is 1. The number of hydrogen-bond acceptors (Lipinski definition) is 2. The molecule has 0 unspecified atom stereocenters. The lowest BCUT2D eigenvalue weighted by Gasteiger charge is -2.05. The fraction of sp³-hybridized carbons (Fsp3) is 0. The van der Waals surface area contributed by atoms with Gasteiger partial charge in [-0.1, -0.05) is 48.5 Å². The molecule has 0 N–H and O–H groups in total. The normalized spacial score (nSPS) is 11.4. The van der Waals surface area contributed by atoms with Crippen molar-refractivity contribution >= 4 is 61.8 Å². The van der Waals surface area contributed by atoms with Crippen LogP contribution in [0.1, 0.15) is 10.4 Å². The molecule has 120 valence electrons. The van der Waals surface area contributed by atoms with Crippen LogP contribution in [0.4, 0.5) is 5.69 Å². The number of fused-ring (bicyclic) bond motifs is 3. The second-order valence-corrected chi connectivity index (χ2v) is 7.07. The van der Waals surface area contributed by atoms with Gasteiger partial charge in [0.25, 0.3) is 0 Å². The van der Waals surface area contributed by atoms with Crippen LogP contribution in [0.3, 0.4) is 0 Å². The van der Waals surface area contributed by atoms with Crippen molar-refractivity contribution in [2.24, 2.45) is 4.99 Å². The van der Waals surface area contributed by atoms with Gasteiger partial charge in [0.05, 0.1) is 11.9 Å². The van der Waals surface area contributed by atoms with Crippen molar-refractivity contribution in [3.05, 3.63) is 88.0 Å². The zero-order valence-corrected chi connectivity index (χ0v) is 15.5. The van der Waals surface area contributed by atoms with E-state index in [1.165, 1.54) is 11.6 Å². The van der Waals surface area contributed by atoms with Crippen LogP contribution in [-0.4, -0.2) is 12.0 Å². The van der Waals surface area contributed by atoms with E-state index < -0.39 is 0 Å². The van der Waals surface area contributed by atoms with Gasteiger partial charge in [-0.05, 0) is 74.5 Å².